The number of nitrogens with zero attached hydrogens (tertiary/aromatic N) is 1. The number of fused-ring (bicyclic) bond motifs is 1. The van der Waals surface area contributed by atoms with Crippen molar-refractivity contribution in [2.24, 2.45) is 0 Å². The van der Waals surface area contributed by atoms with Gasteiger partial charge in [0.25, 0.3) is 11.8 Å². The van der Waals surface area contributed by atoms with Crippen LogP contribution in [0.2, 0.25) is 0 Å². The molecule has 5 nitrogen and oxygen atoms in total. The Labute approximate surface area is 169 Å². The monoisotopic (exact) mass is 422 g/mol. The summed E-state index contributed by atoms with van der Waals surface area (Å²) < 4.78 is 38.8. The molecule has 3 amide bonds. The average Bonchev–Trinajstić information content (AvgIpc) is 2.93. The highest BCUT2D eigenvalue weighted by molar-refractivity contribution is 7.98. The second kappa shape index (κ2) is 8.28. The summed E-state index contributed by atoms with van der Waals surface area (Å²) in [6.07, 6.45) is -2.57. The first kappa shape index (κ1) is 20.9. The first-order valence-electron chi connectivity index (χ1n) is 8.68. The zero-order valence-corrected chi connectivity index (χ0v) is 16.1. The number of imide groups is 1. The number of thioether (sulfide) groups is 1. The topological polar surface area (TPSA) is 66.5 Å². The molecule has 0 radical (unpaired) electrons. The third-order valence-corrected chi connectivity index (χ3v) is 5.14. The van der Waals surface area contributed by atoms with Gasteiger partial charge in [0.05, 0.1) is 16.7 Å². The Hall–Kier alpha value is -2.81. The van der Waals surface area contributed by atoms with Crippen LogP contribution in [-0.2, 0) is 11.0 Å². The summed E-state index contributed by atoms with van der Waals surface area (Å²) in [7, 11) is 0. The normalized spacial score (nSPS) is 14.7. The highest BCUT2D eigenvalue weighted by Gasteiger charge is 2.42. The lowest BCUT2D eigenvalue weighted by molar-refractivity contribution is -0.137. The van der Waals surface area contributed by atoms with Crippen molar-refractivity contribution in [1.82, 2.24) is 4.90 Å². The molecule has 0 spiro atoms. The molecule has 1 atom stereocenters. The summed E-state index contributed by atoms with van der Waals surface area (Å²) in [5.74, 6) is -1.41. The first-order chi connectivity index (χ1) is 13.7. The van der Waals surface area contributed by atoms with Gasteiger partial charge in [0, 0.05) is 5.69 Å². The Balaban J connectivity index is 1.87. The van der Waals surface area contributed by atoms with Gasteiger partial charge in [-0.15, -0.1) is 0 Å². The van der Waals surface area contributed by atoms with E-state index in [0.29, 0.717) is 5.75 Å². The van der Waals surface area contributed by atoms with Crippen LogP contribution in [0, 0.1) is 0 Å². The number of carbonyl (C=O) groups excluding carboxylic acids is 3. The van der Waals surface area contributed by atoms with Crippen LogP contribution >= 0.6 is 11.8 Å². The lowest BCUT2D eigenvalue weighted by atomic mass is 10.1. The third-order valence-electron chi connectivity index (χ3n) is 4.49. The Morgan fingerprint density at radius 3 is 2.24 bits per heavy atom. The molecule has 152 valence electrons. The van der Waals surface area contributed by atoms with Gasteiger partial charge in [-0.25, -0.2) is 0 Å². The van der Waals surface area contributed by atoms with Crippen molar-refractivity contribution in [1.29, 1.82) is 0 Å². The molecule has 0 saturated heterocycles. The fraction of sp³-hybridized carbons (Fsp3) is 0.250. The molecule has 0 aromatic heterocycles. The van der Waals surface area contributed by atoms with Gasteiger partial charge in [-0.1, -0.05) is 18.2 Å². The molecule has 0 bridgehead atoms. The van der Waals surface area contributed by atoms with Crippen molar-refractivity contribution in [2.45, 2.75) is 18.6 Å². The molecule has 1 aliphatic heterocycles. The molecule has 0 aliphatic carbocycles. The zero-order valence-electron chi connectivity index (χ0n) is 15.3. The molecule has 1 aliphatic rings. The number of rotatable bonds is 6. The summed E-state index contributed by atoms with van der Waals surface area (Å²) in [6, 6.07) is 9.32. The van der Waals surface area contributed by atoms with Crippen LogP contribution in [0.25, 0.3) is 0 Å². The van der Waals surface area contributed by atoms with E-state index in [1.165, 1.54) is 36.0 Å². The van der Waals surface area contributed by atoms with Crippen molar-refractivity contribution in [2.75, 3.05) is 17.3 Å². The number of alkyl halides is 3. The van der Waals surface area contributed by atoms with E-state index in [0.717, 1.165) is 17.0 Å². The minimum atomic E-state index is -4.55. The van der Waals surface area contributed by atoms with Crippen LogP contribution in [0.1, 0.15) is 32.7 Å². The smallest absolute Gasteiger partial charge is 0.324 e. The van der Waals surface area contributed by atoms with Crippen LogP contribution in [-0.4, -0.2) is 40.7 Å². The van der Waals surface area contributed by atoms with Gasteiger partial charge in [-0.2, -0.15) is 24.9 Å². The van der Waals surface area contributed by atoms with Gasteiger partial charge in [0.2, 0.25) is 5.91 Å². The molecule has 9 heteroatoms. The molecule has 29 heavy (non-hydrogen) atoms. The van der Waals surface area contributed by atoms with E-state index in [1.54, 1.807) is 12.1 Å². The lowest BCUT2D eigenvalue weighted by Gasteiger charge is -2.25. The maximum atomic E-state index is 12.9. The summed E-state index contributed by atoms with van der Waals surface area (Å²) >= 11 is 1.43. The quantitative estimate of drug-likeness (QED) is 0.713. The summed E-state index contributed by atoms with van der Waals surface area (Å²) in [6.45, 7) is 0. The standard InChI is InChI=1S/C20H17F3N2O3S/c1-29-10-9-16(25-18(27)14-7-2-3-8-15(14)19(25)28)17(26)24-13-6-4-5-12(11-13)20(21,22)23/h2-8,11,16H,9-10H2,1H3,(H,24,26). The van der Waals surface area contributed by atoms with E-state index in [1.807, 2.05) is 6.26 Å². The number of anilines is 1. The fourth-order valence-corrected chi connectivity index (χ4v) is 3.56. The molecular formula is C20H17F3N2O3S. The molecule has 0 fully saturated rings. The van der Waals surface area contributed by atoms with Crippen molar-refractivity contribution < 1.29 is 27.6 Å². The zero-order chi connectivity index (χ0) is 21.2. The van der Waals surface area contributed by atoms with E-state index in [-0.39, 0.29) is 23.2 Å². The minimum absolute atomic E-state index is 0.0596. The number of amides is 3. The van der Waals surface area contributed by atoms with Crippen LogP contribution in [0.5, 0.6) is 0 Å². The number of hydrogen-bond donors (Lipinski definition) is 1. The van der Waals surface area contributed by atoms with Crippen molar-refractivity contribution in [3.8, 4) is 0 Å². The van der Waals surface area contributed by atoms with Crippen LogP contribution in [0.4, 0.5) is 18.9 Å². The largest absolute Gasteiger partial charge is 0.416 e. The van der Waals surface area contributed by atoms with Gasteiger partial charge in [0.1, 0.15) is 6.04 Å². The summed E-state index contributed by atoms with van der Waals surface area (Å²) in [5, 5.41) is 2.41. The number of hydrogen-bond acceptors (Lipinski definition) is 4. The lowest BCUT2D eigenvalue weighted by Crippen LogP contribution is -2.47. The van der Waals surface area contributed by atoms with E-state index in [4.69, 9.17) is 0 Å². The average molecular weight is 422 g/mol. The van der Waals surface area contributed by atoms with Crippen molar-refractivity contribution in [3.63, 3.8) is 0 Å². The molecule has 1 heterocycles. The Morgan fingerprint density at radius 2 is 1.69 bits per heavy atom. The second-order valence-corrected chi connectivity index (χ2v) is 7.38. The van der Waals surface area contributed by atoms with Gasteiger partial charge < -0.3 is 5.32 Å². The van der Waals surface area contributed by atoms with E-state index < -0.39 is 35.5 Å². The number of benzene rings is 2. The number of nitrogens with one attached hydrogen (secondary N) is 1. The molecule has 1 N–H and O–H groups in total. The Morgan fingerprint density at radius 1 is 1.07 bits per heavy atom. The predicted molar refractivity (Wildman–Crippen MR) is 104 cm³/mol. The van der Waals surface area contributed by atoms with Gasteiger partial charge in [-0.05, 0) is 48.8 Å². The molecule has 2 aromatic carbocycles. The molecular weight excluding hydrogens is 405 g/mol. The van der Waals surface area contributed by atoms with Crippen molar-refractivity contribution >= 4 is 35.2 Å². The molecule has 3 rings (SSSR count). The van der Waals surface area contributed by atoms with Crippen molar-refractivity contribution in [3.05, 3.63) is 65.2 Å². The molecule has 0 saturated carbocycles. The third kappa shape index (κ3) is 4.29. The highest BCUT2D eigenvalue weighted by atomic mass is 32.2. The predicted octanol–water partition coefficient (Wildman–Crippen LogP) is 4.06. The Bertz CT molecular complexity index is 927. The van der Waals surface area contributed by atoms with E-state index in [9.17, 15) is 27.6 Å². The SMILES string of the molecule is CSCCC(C(=O)Nc1cccc(C(F)(F)F)c1)N1C(=O)c2ccccc2C1=O. The van der Waals surface area contributed by atoms with E-state index >= 15 is 0 Å². The minimum Gasteiger partial charge on any atom is -0.324 e. The summed E-state index contributed by atoms with van der Waals surface area (Å²) in [5.41, 5.74) is -0.552. The Kier molecular flexibility index (Phi) is 5.97. The molecule has 2 aromatic rings. The molecule has 1 unspecified atom stereocenters. The highest BCUT2D eigenvalue weighted by Crippen LogP contribution is 2.31. The maximum Gasteiger partial charge on any atom is 0.416 e. The van der Waals surface area contributed by atoms with Crippen LogP contribution in [0.15, 0.2) is 48.5 Å². The second-order valence-electron chi connectivity index (χ2n) is 6.39. The van der Waals surface area contributed by atoms with Crippen LogP contribution < -0.4 is 5.32 Å². The first-order valence-corrected chi connectivity index (χ1v) is 10.1. The van der Waals surface area contributed by atoms with Gasteiger partial charge >= 0.3 is 6.18 Å². The van der Waals surface area contributed by atoms with E-state index in [2.05, 4.69) is 5.32 Å². The summed E-state index contributed by atoms with van der Waals surface area (Å²) in [4.78, 5) is 39.2. The van der Waals surface area contributed by atoms with Gasteiger partial charge in [-0.3, -0.25) is 19.3 Å². The number of carbonyl (C=O) groups is 3. The number of halogens is 3. The van der Waals surface area contributed by atoms with Gasteiger partial charge in [0.15, 0.2) is 0 Å². The maximum absolute atomic E-state index is 12.9. The fourth-order valence-electron chi connectivity index (χ4n) is 3.10. The van der Waals surface area contributed by atoms with Crippen LogP contribution in [0.3, 0.4) is 0 Å².